The second-order valence-electron chi connectivity index (χ2n) is 8.52. The Morgan fingerprint density at radius 3 is 2.16 bits per heavy atom. The predicted molar refractivity (Wildman–Crippen MR) is 149 cm³/mol. The molecule has 0 aromatic heterocycles. The molecule has 3 aromatic rings. The number of hydrogen-bond donors (Lipinski definition) is 1. The summed E-state index contributed by atoms with van der Waals surface area (Å²) in [4.78, 5) is 28.0. The van der Waals surface area contributed by atoms with E-state index in [1.807, 2.05) is 37.3 Å². The van der Waals surface area contributed by atoms with Crippen LogP contribution in [0.15, 0.2) is 83.8 Å². The van der Waals surface area contributed by atoms with Gasteiger partial charge in [-0.2, -0.15) is 0 Å². The molecule has 3 aromatic carbocycles. The topological polar surface area (TPSA) is 96.0 Å². The number of ether oxygens (including phenoxy) is 1. The van der Waals surface area contributed by atoms with E-state index in [9.17, 15) is 18.0 Å². The van der Waals surface area contributed by atoms with Crippen LogP contribution >= 0.6 is 11.6 Å². The molecule has 0 fully saturated rings. The van der Waals surface area contributed by atoms with Crippen molar-refractivity contribution in [3.8, 4) is 5.75 Å². The van der Waals surface area contributed by atoms with Crippen LogP contribution < -0.4 is 14.4 Å². The highest BCUT2D eigenvalue weighted by Crippen LogP contribution is 2.27. The number of carbonyl (C=O) groups is 2. The molecule has 3 rings (SSSR count). The van der Waals surface area contributed by atoms with Gasteiger partial charge in [-0.25, -0.2) is 8.42 Å². The van der Waals surface area contributed by atoms with Crippen molar-refractivity contribution in [2.75, 3.05) is 31.6 Å². The first-order valence-electron chi connectivity index (χ1n) is 12.2. The lowest BCUT2D eigenvalue weighted by molar-refractivity contribution is -0.139. The lowest BCUT2D eigenvalue weighted by Crippen LogP contribution is -2.52. The standard InChI is InChI=1S/C28H32ClN3O5S/c1-4-26(28(34)30-2)31(19-18-21-8-6-5-7-9-21)27(33)20-32(23-12-10-22(29)11-13-23)38(35,36)25-16-14-24(37-3)15-17-25/h5-17,26H,4,18-20H2,1-3H3,(H,30,34). The van der Waals surface area contributed by atoms with Crippen LogP contribution in [0, 0.1) is 0 Å². The maximum Gasteiger partial charge on any atom is 0.264 e. The summed E-state index contributed by atoms with van der Waals surface area (Å²) in [6, 6.07) is 21.0. The fourth-order valence-electron chi connectivity index (χ4n) is 4.07. The number of anilines is 1. The van der Waals surface area contributed by atoms with Crippen LogP contribution in [0.3, 0.4) is 0 Å². The molecule has 0 aliphatic rings. The van der Waals surface area contributed by atoms with Gasteiger partial charge >= 0.3 is 0 Å². The number of halogens is 1. The predicted octanol–water partition coefficient (Wildman–Crippen LogP) is 4.14. The zero-order valence-corrected chi connectivity index (χ0v) is 23.2. The first-order valence-corrected chi connectivity index (χ1v) is 14.0. The van der Waals surface area contributed by atoms with E-state index >= 15 is 0 Å². The third-order valence-corrected chi connectivity index (χ3v) is 8.20. The number of carbonyl (C=O) groups excluding carboxylic acids is 2. The maximum atomic E-state index is 13.8. The molecular weight excluding hydrogens is 526 g/mol. The van der Waals surface area contributed by atoms with E-state index in [1.165, 1.54) is 31.2 Å². The van der Waals surface area contributed by atoms with Crippen molar-refractivity contribution in [1.29, 1.82) is 0 Å². The fraction of sp³-hybridized carbons (Fsp3) is 0.286. The summed E-state index contributed by atoms with van der Waals surface area (Å²) in [5, 5.41) is 3.04. The molecule has 38 heavy (non-hydrogen) atoms. The van der Waals surface area contributed by atoms with Crippen molar-refractivity contribution in [2.45, 2.75) is 30.7 Å². The third-order valence-electron chi connectivity index (χ3n) is 6.16. The second-order valence-corrected chi connectivity index (χ2v) is 10.8. The Bertz CT molecular complexity index is 1320. The Labute approximate surface area is 229 Å². The molecule has 8 nitrogen and oxygen atoms in total. The number of likely N-dealkylation sites (N-methyl/N-ethyl adjacent to an activating group) is 1. The van der Waals surface area contributed by atoms with Gasteiger partial charge in [-0.3, -0.25) is 13.9 Å². The van der Waals surface area contributed by atoms with Crippen LogP contribution in [0.5, 0.6) is 5.75 Å². The largest absolute Gasteiger partial charge is 0.497 e. The summed E-state index contributed by atoms with van der Waals surface area (Å²) in [7, 11) is -1.16. The highest BCUT2D eigenvalue weighted by Gasteiger charge is 2.33. The summed E-state index contributed by atoms with van der Waals surface area (Å²) in [5.74, 6) is -0.310. The molecule has 10 heteroatoms. The van der Waals surface area contributed by atoms with Crippen LogP contribution in [-0.4, -0.2) is 58.4 Å². The van der Waals surface area contributed by atoms with Crippen molar-refractivity contribution in [1.82, 2.24) is 10.2 Å². The van der Waals surface area contributed by atoms with E-state index < -0.39 is 28.5 Å². The Hall–Kier alpha value is -3.56. The summed E-state index contributed by atoms with van der Waals surface area (Å²) in [5.41, 5.74) is 1.27. The van der Waals surface area contributed by atoms with E-state index in [1.54, 1.807) is 36.4 Å². The zero-order chi connectivity index (χ0) is 27.7. The molecule has 0 aliphatic carbocycles. The molecule has 0 saturated heterocycles. The Morgan fingerprint density at radius 1 is 0.974 bits per heavy atom. The second kappa shape index (κ2) is 13.3. The molecule has 0 aliphatic heterocycles. The molecule has 0 heterocycles. The maximum absolute atomic E-state index is 13.8. The number of nitrogens with zero attached hydrogens (tertiary/aromatic N) is 2. The van der Waals surface area contributed by atoms with E-state index in [-0.39, 0.29) is 23.0 Å². The lowest BCUT2D eigenvalue weighted by Gasteiger charge is -2.33. The van der Waals surface area contributed by atoms with E-state index in [0.717, 1.165) is 9.87 Å². The highest BCUT2D eigenvalue weighted by atomic mass is 35.5. The molecular formula is C28H32ClN3O5S. The zero-order valence-electron chi connectivity index (χ0n) is 21.6. The fourth-order valence-corrected chi connectivity index (χ4v) is 5.61. The van der Waals surface area contributed by atoms with E-state index in [0.29, 0.717) is 23.6 Å². The van der Waals surface area contributed by atoms with Crippen LogP contribution in [0.2, 0.25) is 5.02 Å². The molecule has 0 bridgehead atoms. The number of rotatable bonds is 12. The van der Waals surface area contributed by atoms with Gasteiger partial charge in [0, 0.05) is 18.6 Å². The first kappa shape index (κ1) is 29.0. The molecule has 0 radical (unpaired) electrons. The van der Waals surface area contributed by atoms with Gasteiger partial charge in [-0.1, -0.05) is 48.9 Å². The van der Waals surface area contributed by atoms with Gasteiger partial charge in [-0.05, 0) is 66.9 Å². The monoisotopic (exact) mass is 557 g/mol. The van der Waals surface area contributed by atoms with Crippen molar-refractivity contribution in [2.24, 2.45) is 0 Å². The van der Waals surface area contributed by atoms with E-state index in [4.69, 9.17) is 16.3 Å². The van der Waals surface area contributed by atoms with Gasteiger partial charge < -0.3 is 15.0 Å². The minimum Gasteiger partial charge on any atom is -0.497 e. The van der Waals surface area contributed by atoms with Crippen molar-refractivity contribution in [3.05, 3.63) is 89.4 Å². The number of sulfonamides is 1. The molecule has 0 saturated carbocycles. The average Bonchev–Trinajstić information content (AvgIpc) is 2.94. The number of methoxy groups -OCH3 is 1. The molecule has 0 spiro atoms. The van der Waals surface area contributed by atoms with Crippen LogP contribution in [0.1, 0.15) is 18.9 Å². The molecule has 1 N–H and O–H groups in total. The third kappa shape index (κ3) is 7.05. The number of amides is 2. The van der Waals surface area contributed by atoms with Crippen LogP contribution in [0.25, 0.3) is 0 Å². The normalized spacial score (nSPS) is 11.9. The van der Waals surface area contributed by atoms with Crippen molar-refractivity contribution < 1.29 is 22.7 Å². The molecule has 2 amide bonds. The van der Waals surface area contributed by atoms with Gasteiger partial charge in [0.1, 0.15) is 18.3 Å². The molecule has 1 atom stereocenters. The average molecular weight is 558 g/mol. The Kier molecular flexibility index (Phi) is 10.2. The smallest absolute Gasteiger partial charge is 0.264 e. The Balaban J connectivity index is 1.99. The quantitative estimate of drug-likeness (QED) is 0.361. The van der Waals surface area contributed by atoms with Crippen LogP contribution in [-0.2, 0) is 26.0 Å². The van der Waals surface area contributed by atoms with Gasteiger partial charge in [0.15, 0.2) is 0 Å². The van der Waals surface area contributed by atoms with E-state index in [2.05, 4.69) is 5.32 Å². The minimum atomic E-state index is -4.16. The minimum absolute atomic E-state index is 0.00442. The number of benzene rings is 3. The summed E-state index contributed by atoms with van der Waals surface area (Å²) < 4.78 is 33.8. The van der Waals surface area contributed by atoms with Gasteiger partial charge in [0.05, 0.1) is 17.7 Å². The SMILES string of the molecule is CCC(C(=O)NC)N(CCc1ccccc1)C(=O)CN(c1ccc(Cl)cc1)S(=O)(=O)c1ccc(OC)cc1. The summed E-state index contributed by atoms with van der Waals surface area (Å²) in [6.45, 7) is 1.55. The number of hydrogen-bond acceptors (Lipinski definition) is 5. The van der Waals surface area contributed by atoms with Gasteiger partial charge in [-0.15, -0.1) is 0 Å². The Morgan fingerprint density at radius 2 is 1.61 bits per heavy atom. The van der Waals surface area contributed by atoms with Gasteiger partial charge in [0.25, 0.3) is 10.0 Å². The number of nitrogens with one attached hydrogen (secondary N) is 1. The van der Waals surface area contributed by atoms with Crippen molar-refractivity contribution >= 4 is 39.1 Å². The summed E-state index contributed by atoms with van der Waals surface area (Å²) >= 11 is 6.05. The molecule has 1 unspecified atom stereocenters. The van der Waals surface area contributed by atoms with Crippen molar-refractivity contribution in [3.63, 3.8) is 0 Å². The lowest BCUT2D eigenvalue weighted by atomic mass is 10.1. The first-order chi connectivity index (χ1) is 18.2. The van der Waals surface area contributed by atoms with Crippen LogP contribution in [0.4, 0.5) is 5.69 Å². The summed E-state index contributed by atoms with van der Waals surface area (Å²) in [6.07, 6.45) is 0.874. The highest BCUT2D eigenvalue weighted by molar-refractivity contribution is 7.92. The van der Waals surface area contributed by atoms with Gasteiger partial charge in [0.2, 0.25) is 11.8 Å². The molecule has 202 valence electrons.